The van der Waals surface area contributed by atoms with Crippen molar-refractivity contribution in [1.82, 2.24) is 10.3 Å². The van der Waals surface area contributed by atoms with Gasteiger partial charge >= 0.3 is 0 Å². The van der Waals surface area contributed by atoms with Crippen molar-refractivity contribution >= 4 is 11.3 Å². The van der Waals surface area contributed by atoms with Gasteiger partial charge in [0, 0.05) is 17.6 Å². The van der Waals surface area contributed by atoms with Gasteiger partial charge < -0.3 is 5.32 Å². The number of rotatable bonds is 4. The lowest BCUT2D eigenvalue weighted by atomic mass is 9.89. The molecule has 0 aliphatic rings. The zero-order valence-electron chi connectivity index (χ0n) is 8.85. The van der Waals surface area contributed by atoms with E-state index >= 15 is 0 Å². The van der Waals surface area contributed by atoms with Gasteiger partial charge in [-0.1, -0.05) is 13.8 Å². The average Bonchev–Trinajstić information content (AvgIpc) is 2.34. The molecule has 2 nitrogen and oxygen atoms in total. The maximum atomic E-state index is 4.26. The summed E-state index contributed by atoms with van der Waals surface area (Å²) in [4.78, 5) is 5.65. The molecular weight excluding hydrogens is 180 g/mol. The van der Waals surface area contributed by atoms with Gasteiger partial charge in [0.15, 0.2) is 0 Å². The van der Waals surface area contributed by atoms with Crippen molar-refractivity contribution in [3.63, 3.8) is 0 Å². The van der Waals surface area contributed by atoms with Gasteiger partial charge in [-0.25, -0.2) is 4.98 Å². The van der Waals surface area contributed by atoms with Crippen LogP contribution in [0.15, 0.2) is 6.20 Å². The van der Waals surface area contributed by atoms with Crippen LogP contribution < -0.4 is 5.32 Å². The molecule has 0 radical (unpaired) electrons. The lowest BCUT2D eigenvalue weighted by Gasteiger charge is -2.22. The Hall–Kier alpha value is -0.410. The molecule has 0 aromatic carbocycles. The van der Waals surface area contributed by atoms with E-state index in [4.69, 9.17) is 0 Å². The van der Waals surface area contributed by atoms with Crippen LogP contribution in [0.25, 0.3) is 0 Å². The number of hydrogen-bond acceptors (Lipinski definition) is 3. The molecule has 1 N–H and O–H groups in total. The third-order valence-electron chi connectivity index (χ3n) is 1.98. The molecule has 0 amide bonds. The first kappa shape index (κ1) is 10.7. The summed E-state index contributed by atoms with van der Waals surface area (Å²) in [5, 5.41) is 4.38. The highest BCUT2D eigenvalue weighted by molar-refractivity contribution is 7.11. The van der Waals surface area contributed by atoms with Gasteiger partial charge in [0.25, 0.3) is 0 Å². The van der Waals surface area contributed by atoms with Gasteiger partial charge in [-0.15, -0.1) is 11.3 Å². The van der Waals surface area contributed by atoms with E-state index in [1.54, 1.807) is 11.3 Å². The molecule has 74 valence electrons. The summed E-state index contributed by atoms with van der Waals surface area (Å²) in [7, 11) is 2.00. The maximum Gasteiger partial charge on any atom is 0.0896 e. The minimum absolute atomic E-state index is 0.327. The molecule has 1 heterocycles. The van der Waals surface area contributed by atoms with E-state index in [1.165, 1.54) is 4.88 Å². The van der Waals surface area contributed by atoms with Gasteiger partial charge in [0.05, 0.1) is 5.01 Å². The zero-order chi connectivity index (χ0) is 9.90. The second-order valence-electron chi connectivity index (χ2n) is 4.22. The minimum atomic E-state index is 0.327. The monoisotopic (exact) mass is 198 g/mol. The van der Waals surface area contributed by atoms with Gasteiger partial charge in [-0.3, -0.25) is 0 Å². The van der Waals surface area contributed by atoms with E-state index in [9.17, 15) is 0 Å². The van der Waals surface area contributed by atoms with Crippen LogP contribution in [-0.4, -0.2) is 18.6 Å². The van der Waals surface area contributed by atoms with Crippen molar-refractivity contribution in [3.8, 4) is 0 Å². The molecule has 0 unspecified atom stereocenters. The van der Waals surface area contributed by atoms with E-state index < -0.39 is 0 Å². The van der Waals surface area contributed by atoms with Crippen molar-refractivity contribution in [1.29, 1.82) is 0 Å². The molecule has 3 heteroatoms. The first-order chi connectivity index (χ1) is 6.03. The lowest BCUT2D eigenvalue weighted by Crippen LogP contribution is -2.28. The summed E-state index contributed by atoms with van der Waals surface area (Å²) < 4.78 is 0. The zero-order valence-corrected chi connectivity index (χ0v) is 9.66. The van der Waals surface area contributed by atoms with E-state index in [0.717, 1.165) is 18.0 Å². The first-order valence-electron chi connectivity index (χ1n) is 4.59. The molecule has 1 aromatic heterocycles. The van der Waals surface area contributed by atoms with Crippen molar-refractivity contribution < 1.29 is 0 Å². The molecule has 0 aliphatic heterocycles. The number of nitrogens with one attached hydrogen (secondary N) is 1. The Morgan fingerprint density at radius 3 is 2.69 bits per heavy atom. The molecule has 1 aromatic rings. The molecule has 13 heavy (non-hydrogen) atoms. The summed E-state index contributed by atoms with van der Waals surface area (Å²) in [5.74, 6) is 0. The van der Waals surface area contributed by atoms with Crippen LogP contribution in [0.1, 0.15) is 23.7 Å². The summed E-state index contributed by atoms with van der Waals surface area (Å²) in [6.45, 7) is 7.65. The number of nitrogens with zero attached hydrogens (tertiary/aromatic N) is 1. The predicted octanol–water partition coefficient (Wildman–Crippen LogP) is 2.24. The van der Waals surface area contributed by atoms with Crippen LogP contribution in [0.5, 0.6) is 0 Å². The summed E-state index contributed by atoms with van der Waals surface area (Å²) in [5.41, 5.74) is 0.327. The summed E-state index contributed by atoms with van der Waals surface area (Å²) >= 11 is 1.80. The van der Waals surface area contributed by atoms with Gasteiger partial charge in [0.2, 0.25) is 0 Å². The summed E-state index contributed by atoms with van der Waals surface area (Å²) in [6.07, 6.45) is 3.11. The first-order valence-corrected chi connectivity index (χ1v) is 5.41. The fourth-order valence-electron chi connectivity index (χ4n) is 1.50. The SMILES string of the molecule is CNCC(C)(C)Cc1cnc(C)s1. The molecule has 0 fully saturated rings. The largest absolute Gasteiger partial charge is 0.319 e. The van der Waals surface area contributed by atoms with Crippen LogP contribution in [-0.2, 0) is 6.42 Å². The van der Waals surface area contributed by atoms with E-state index in [1.807, 2.05) is 13.2 Å². The molecule has 0 saturated heterocycles. The van der Waals surface area contributed by atoms with Gasteiger partial charge in [0.1, 0.15) is 0 Å². The Bertz CT molecular complexity index is 266. The smallest absolute Gasteiger partial charge is 0.0896 e. The van der Waals surface area contributed by atoms with Crippen LogP contribution in [0, 0.1) is 12.3 Å². The highest BCUT2D eigenvalue weighted by atomic mass is 32.1. The number of aromatic nitrogens is 1. The Morgan fingerprint density at radius 2 is 2.23 bits per heavy atom. The van der Waals surface area contributed by atoms with Gasteiger partial charge in [-0.2, -0.15) is 0 Å². The quantitative estimate of drug-likeness (QED) is 0.802. The predicted molar refractivity (Wildman–Crippen MR) is 58.3 cm³/mol. The van der Waals surface area contributed by atoms with Gasteiger partial charge in [-0.05, 0) is 25.8 Å². The number of aryl methyl sites for hydroxylation is 1. The van der Waals surface area contributed by atoms with E-state index in [0.29, 0.717) is 5.41 Å². The lowest BCUT2D eigenvalue weighted by molar-refractivity contribution is 0.352. The van der Waals surface area contributed by atoms with Crippen molar-refractivity contribution in [3.05, 3.63) is 16.1 Å². The molecule has 0 spiro atoms. The molecule has 0 aliphatic carbocycles. The highest BCUT2D eigenvalue weighted by Crippen LogP contribution is 2.24. The third-order valence-corrected chi connectivity index (χ3v) is 2.89. The number of thiazole rings is 1. The highest BCUT2D eigenvalue weighted by Gasteiger charge is 2.18. The fourth-order valence-corrected chi connectivity index (χ4v) is 2.55. The minimum Gasteiger partial charge on any atom is -0.319 e. The van der Waals surface area contributed by atoms with E-state index in [2.05, 4.69) is 31.1 Å². The second kappa shape index (κ2) is 4.20. The van der Waals surface area contributed by atoms with Crippen molar-refractivity contribution in [2.75, 3.05) is 13.6 Å². The number of hydrogen-bond donors (Lipinski definition) is 1. The van der Waals surface area contributed by atoms with Crippen molar-refractivity contribution in [2.45, 2.75) is 27.2 Å². The Labute approximate surface area is 84.4 Å². The standard InChI is InChI=1S/C10H18N2S/c1-8-12-6-9(13-8)5-10(2,3)7-11-4/h6,11H,5,7H2,1-4H3. The normalized spacial score (nSPS) is 12.0. The van der Waals surface area contributed by atoms with Crippen LogP contribution in [0.3, 0.4) is 0 Å². The molecule has 0 bridgehead atoms. The fraction of sp³-hybridized carbons (Fsp3) is 0.700. The van der Waals surface area contributed by atoms with E-state index in [-0.39, 0.29) is 0 Å². The van der Waals surface area contributed by atoms with Crippen molar-refractivity contribution in [2.24, 2.45) is 5.41 Å². The Balaban J connectivity index is 2.57. The molecule has 1 rings (SSSR count). The third kappa shape index (κ3) is 3.44. The van der Waals surface area contributed by atoms with Crippen LogP contribution >= 0.6 is 11.3 Å². The van der Waals surface area contributed by atoms with Crippen LogP contribution in [0.4, 0.5) is 0 Å². The average molecular weight is 198 g/mol. The van der Waals surface area contributed by atoms with Crippen LogP contribution in [0.2, 0.25) is 0 Å². The Kier molecular flexibility index (Phi) is 3.45. The molecular formula is C10H18N2S. The molecule has 0 atom stereocenters. The maximum absolute atomic E-state index is 4.26. The topological polar surface area (TPSA) is 24.9 Å². The second-order valence-corrected chi connectivity index (χ2v) is 5.54. The Morgan fingerprint density at radius 1 is 1.54 bits per heavy atom. The molecule has 0 saturated carbocycles. The summed E-state index contributed by atoms with van der Waals surface area (Å²) in [6, 6.07) is 0.